The summed E-state index contributed by atoms with van der Waals surface area (Å²) in [6.45, 7) is 2.99. The summed E-state index contributed by atoms with van der Waals surface area (Å²) < 4.78 is 19.1. The molecule has 1 atom stereocenters. The van der Waals surface area contributed by atoms with Crippen molar-refractivity contribution in [2.75, 3.05) is 13.1 Å². The van der Waals surface area contributed by atoms with Crippen molar-refractivity contribution < 1.29 is 13.9 Å². The van der Waals surface area contributed by atoms with E-state index in [-0.39, 0.29) is 23.5 Å². The van der Waals surface area contributed by atoms with Gasteiger partial charge in [-0.15, -0.1) is 0 Å². The average Bonchev–Trinajstić information content (AvgIpc) is 2.57. The average molecular weight is 315 g/mol. The molecule has 3 rings (SSSR count). The molecule has 1 aliphatic heterocycles. The minimum atomic E-state index is -0.444. The van der Waals surface area contributed by atoms with Crippen LogP contribution in [0.1, 0.15) is 31.4 Å². The van der Waals surface area contributed by atoms with Crippen molar-refractivity contribution >= 4 is 5.91 Å². The molecule has 0 unspecified atom stereocenters. The Balaban J connectivity index is 1.77. The van der Waals surface area contributed by atoms with Crippen LogP contribution in [0.4, 0.5) is 4.39 Å². The van der Waals surface area contributed by atoms with Crippen molar-refractivity contribution in [3.05, 3.63) is 48.2 Å². The van der Waals surface area contributed by atoms with Gasteiger partial charge in [-0.3, -0.25) is 9.78 Å². The van der Waals surface area contributed by atoms with Gasteiger partial charge in [0.05, 0.1) is 11.9 Å². The molecule has 1 saturated heterocycles. The van der Waals surface area contributed by atoms with Crippen molar-refractivity contribution in [2.24, 2.45) is 0 Å². The van der Waals surface area contributed by atoms with E-state index >= 15 is 0 Å². The van der Waals surface area contributed by atoms with Gasteiger partial charge in [0.15, 0.2) is 11.6 Å². The Morgan fingerprint density at radius 3 is 2.96 bits per heavy atom. The summed E-state index contributed by atoms with van der Waals surface area (Å²) in [6, 6.07) is 6.17. The molecular formula is C17H18FN3O2. The van der Waals surface area contributed by atoms with E-state index in [1.54, 1.807) is 31.3 Å². The Morgan fingerprint density at radius 2 is 2.17 bits per heavy atom. The monoisotopic (exact) mass is 315 g/mol. The molecule has 0 N–H and O–H groups in total. The lowest BCUT2D eigenvalue weighted by atomic mass is 9.95. The molecule has 2 heterocycles. The largest absolute Gasteiger partial charge is 0.434 e. The maximum absolute atomic E-state index is 13.7. The first-order valence-corrected chi connectivity index (χ1v) is 7.63. The highest BCUT2D eigenvalue weighted by Crippen LogP contribution is 2.28. The van der Waals surface area contributed by atoms with Gasteiger partial charge in [0, 0.05) is 32.1 Å². The number of ether oxygens (including phenoxy) is 1. The number of nitrogens with zero attached hydrogens (tertiary/aromatic N) is 3. The van der Waals surface area contributed by atoms with Crippen molar-refractivity contribution in [1.82, 2.24) is 14.9 Å². The van der Waals surface area contributed by atoms with E-state index in [9.17, 15) is 9.18 Å². The maximum atomic E-state index is 13.7. The molecule has 2 aromatic rings. The van der Waals surface area contributed by atoms with Crippen LogP contribution in [-0.2, 0) is 4.79 Å². The van der Waals surface area contributed by atoms with Gasteiger partial charge < -0.3 is 9.64 Å². The lowest BCUT2D eigenvalue weighted by molar-refractivity contribution is -0.130. The van der Waals surface area contributed by atoms with E-state index < -0.39 is 5.82 Å². The SMILES string of the molecule is CC(=O)N1CCC[C@@H](c2cncc(Oc3ccccc3F)n2)C1. The van der Waals surface area contributed by atoms with Crippen LogP contribution < -0.4 is 4.74 Å². The predicted molar refractivity (Wildman–Crippen MR) is 82.7 cm³/mol. The second-order valence-electron chi connectivity index (χ2n) is 5.62. The number of likely N-dealkylation sites (tertiary alicyclic amines) is 1. The van der Waals surface area contributed by atoms with E-state index in [1.807, 2.05) is 4.90 Å². The van der Waals surface area contributed by atoms with Gasteiger partial charge in [0.2, 0.25) is 11.8 Å². The van der Waals surface area contributed by atoms with Gasteiger partial charge in [0.1, 0.15) is 0 Å². The quantitative estimate of drug-likeness (QED) is 0.873. The number of benzene rings is 1. The van der Waals surface area contributed by atoms with Crippen molar-refractivity contribution in [1.29, 1.82) is 0 Å². The van der Waals surface area contributed by atoms with Gasteiger partial charge in [-0.1, -0.05) is 12.1 Å². The Labute approximate surface area is 134 Å². The standard InChI is InChI=1S/C17H18FN3O2/c1-12(22)21-8-4-5-13(11-21)15-9-19-10-17(20-15)23-16-7-3-2-6-14(16)18/h2-3,6-7,9-10,13H,4-5,8,11H2,1H3/t13-/m1/s1. The smallest absolute Gasteiger partial charge is 0.238 e. The zero-order valence-electron chi connectivity index (χ0n) is 12.9. The van der Waals surface area contributed by atoms with Crippen LogP contribution in [0.25, 0.3) is 0 Å². The third-order valence-electron chi connectivity index (χ3n) is 3.97. The second-order valence-corrected chi connectivity index (χ2v) is 5.62. The number of hydrogen-bond donors (Lipinski definition) is 0. The summed E-state index contributed by atoms with van der Waals surface area (Å²) in [5.74, 6) is 0.131. The molecule has 5 nitrogen and oxygen atoms in total. The normalized spacial score (nSPS) is 17.8. The molecule has 1 aromatic heterocycles. The molecule has 0 radical (unpaired) electrons. The van der Waals surface area contributed by atoms with E-state index in [4.69, 9.17) is 4.74 Å². The number of rotatable bonds is 3. The highest BCUT2D eigenvalue weighted by Gasteiger charge is 2.24. The van der Waals surface area contributed by atoms with Gasteiger partial charge in [0.25, 0.3) is 0 Å². The molecule has 1 fully saturated rings. The van der Waals surface area contributed by atoms with E-state index in [1.165, 1.54) is 12.3 Å². The van der Waals surface area contributed by atoms with Crippen LogP contribution >= 0.6 is 0 Å². The third kappa shape index (κ3) is 3.64. The van der Waals surface area contributed by atoms with Gasteiger partial charge in [-0.25, -0.2) is 9.37 Å². The molecule has 1 aromatic carbocycles. The first kappa shape index (κ1) is 15.4. The van der Waals surface area contributed by atoms with Gasteiger partial charge in [-0.05, 0) is 25.0 Å². The lowest BCUT2D eigenvalue weighted by Gasteiger charge is -2.31. The molecule has 0 saturated carbocycles. The number of carbonyl (C=O) groups is 1. The molecule has 23 heavy (non-hydrogen) atoms. The first-order valence-electron chi connectivity index (χ1n) is 7.63. The lowest BCUT2D eigenvalue weighted by Crippen LogP contribution is -2.37. The molecule has 1 aliphatic rings. The summed E-state index contributed by atoms with van der Waals surface area (Å²) in [5, 5.41) is 0. The van der Waals surface area contributed by atoms with Crippen LogP contribution in [0, 0.1) is 5.82 Å². The summed E-state index contributed by atoms with van der Waals surface area (Å²) in [4.78, 5) is 21.9. The Hall–Kier alpha value is -2.50. The van der Waals surface area contributed by atoms with Crippen LogP contribution in [0.3, 0.4) is 0 Å². The zero-order chi connectivity index (χ0) is 16.2. The second kappa shape index (κ2) is 6.73. The fraction of sp³-hybridized carbons (Fsp3) is 0.353. The molecule has 6 heteroatoms. The maximum Gasteiger partial charge on any atom is 0.238 e. The van der Waals surface area contributed by atoms with Crippen LogP contribution in [0.5, 0.6) is 11.6 Å². The summed E-state index contributed by atoms with van der Waals surface area (Å²) in [5.41, 5.74) is 0.768. The topological polar surface area (TPSA) is 55.3 Å². The van der Waals surface area contributed by atoms with Crippen LogP contribution in [0.2, 0.25) is 0 Å². The van der Waals surface area contributed by atoms with E-state index in [0.717, 1.165) is 25.1 Å². The fourth-order valence-corrected chi connectivity index (χ4v) is 2.75. The Morgan fingerprint density at radius 1 is 1.35 bits per heavy atom. The summed E-state index contributed by atoms with van der Waals surface area (Å²) >= 11 is 0. The van der Waals surface area contributed by atoms with E-state index in [0.29, 0.717) is 6.54 Å². The van der Waals surface area contributed by atoms with Crippen molar-refractivity contribution in [3.8, 4) is 11.6 Å². The van der Waals surface area contributed by atoms with Crippen LogP contribution in [0.15, 0.2) is 36.7 Å². The highest BCUT2D eigenvalue weighted by molar-refractivity contribution is 5.73. The number of halogens is 1. The third-order valence-corrected chi connectivity index (χ3v) is 3.97. The summed E-state index contributed by atoms with van der Waals surface area (Å²) in [7, 11) is 0. The first-order chi connectivity index (χ1) is 11.1. The van der Waals surface area contributed by atoms with Crippen LogP contribution in [-0.4, -0.2) is 33.9 Å². The fourth-order valence-electron chi connectivity index (χ4n) is 2.75. The molecule has 120 valence electrons. The van der Waals surface area contributed by atoms with Crippen molar-refractivity contribution in [3.63, 3.8) is 0 Å². The molecule has 0 aliphatic carbocycles. The molecular weight excluding hydrogens is 297 g/mol. The minimum absolute atomic E-state index is 0.0708. The van der Waals surface area contributed by atoms with Gasteiger partial charge >= 0.3 is 0 Å². The predicted octanol–water partition coefficient (Wildman–Crippen LogP) is 3.13. The number of carbonyl (C=O) groups excluding carboxylic acids is 1. The molecule has 0 spiro atoms. The number of hydrogen-bond acceptors (Lipinski definition) is 4. The summed E-state index contributed by atoms with van der Waals surface area (Å²) in [6.07, 6.45) is 5.02. The van der Waals surface area contributed by atoms with E-state index in [2.05, 4.69) is 9.97 Å². The molecule has 1 amide bonds. The Kier molecular flexibility index (Phi) is 4.50. The zero-order valence-corrected chi connectivity index (χ0v) is 12.9. The highest BCUT2D eigenvalue weighted by atomic mass is 19.1. The number of amides is 1. The number of para-hydroxylation sites is 1. The Bertz CT molecular complexity index is 708. The number of aromatic nitrogens is 2. The minimum Gasteiger partial charge on any atom is -0.434 e. The molecule has 0 bridgehead atoms. The van der Waals surface area contributed by atoms with Gasteiger partial charge in [-0.2, -0.15) is 0 Å². The number of piperidine rings is 1. The van der Waals surface area contributed by atoms with Crippen molar-refractivity contribution in [2.45, 2.75) is 25.7 Å².